The van der Waals surface area contributed by atoms with Crippen molar-refractivity contribution in [1.29, 1.82) is 0 Å². The largest absolute Gasteiger partial charge is 0.509 e. The molecule has 0 spiro atoms. The number of allylic oxidation sites excluding steroid dienone is 1. The average Bonchev–Trinajstić information content (AvgIpc) is 3.97. The van der Waals surface area contributed by atoms with Crippen LogP contribution in [0.2, 0.25) is 0 Å². The number of aromatic nitrogens is 2. The first-order valence-electron chi connectivity index (χ1n) is 25.6. The number of anilines is 2. The van der Waals surface area contributed by atoms with E-state index in [4.69, 9.17) is 9.72 Å². The molecule has 73 heavy (non-hydrogen) atoms. The van der Waals surface area contributed by atoms with Crippen LogP contribution in [0.4, 0.5) is 11.4 Å². The molecule has 2 aromatic heterocycles. The summed E-state index contributed by atoms with van der Waals surface area (Å²) >= 11 is 0. The Hall–Kier alpha value is -6.68. The maximum absolute atomic E-state index is 7.12. The molecule has 0 aliphatic carbocycles. The summed E-state index contributed by atoms with van der Waals surface area (Å²) in [5.41, 5.74) is 15.6. The Balaban J connectivity index is 0.00000656. The summed E-state index contributed by atoms with van der Waals surface area (Å²) in [6.45, 7) is 29.5. The maximum Gasteiger partial charge on any atom is 0.135 e. The smallest absolute Gasteiger partial charge is 0.135 e. The van der Waals surface area contributed by atoms with Crippen molar-refractivity contribution >= 4 is 33.2 Å². The first kappa shape index (κ1) is 51.2. The molecule has 1 aliphatic rings. The third kappa shape index (κ3) is 10.1. The van der Waals surface area contributed by atoms with Crippen molar-refractivity contribution in [2.24, 2.45) is 5.41 Å². The Kier molecular flexibility index (Phi) is 14.0. The molecule has 9 aromatic rings. The van der Waals surface area contributed by atoms with Gasteiger partial charge in [0.2, 0.25) is 0 Å². The third-order valence-corrected chi connectivity index (χ3v) is 14.5. The van der Waals surface area contributed by atoms with Crippen LogP contribution >= 0.6 is 0 Å². The molecule has 7 aromatic carbocycles. The van der Waals surface area contributed by atoms with E-state index in [-0.39, 0.29) is 37.3 Å². The average molecular weight is 1140 g/mol. The standard InChI is InChI=1S/C67H67N4O.Pt/c1-44(2)56-27-20-28-57(45(3)4)64(56)48-35-53(70-43-69(42-62(70)66(8,9)10)52-26-19-25-51(38-52)67(11,12)49-23-17-14-18-24-49)40-55(36-48)72-54-30-31-58-59-37-47(46-21-15-13-16-22-46)29-32-60(59)71(61(58)41-54)63-39-50(33-34-68-63)65(5,6)7;/h13-39,42-45H,1-12H3;/q-3;. The molecular weight excluding hydrogens is 1070 g/mol. The molecule has 0 atom stereocenters. The normalized spacial score (nSPS) is 13.3. The summed E-state index contributed by atoms with van der Waals surface area (Å²) in [5.74, 6) is 2.65. The van der Waals surface area contributed by atoms with E-state index in [1.165, 1.54) is 38.9 Å². The zero-order chi connectivity index (χ0) is 50.7. The first-order chi connectivity index (χ1) is 34.3. The molecule has 10 rings (SSSR count). The van der Waals surface area contributed by atoms with Gasteiger partial charge in [-0.25, -0.2) is 4.98 Å². The molecule has 3 heterocycles. The van der Waals surface area contributed by atoms with Crippen LogP contribution < -0.4 is 14.5 Å². The van der Waals surface area contributed by atoms with Gasteiger partial charge in [-0.3, -0.25) is 0 Å². The van der Waals surface area contributed by atoms with Gasteiger partial charge in [0.25, 0.3) is 0 Å². The van der Waals surface area contributed by atoms with E-state index < -0.39 is 0 Å². The van der Waals surface area contributed by atoms with E-state index in [1.54, 1.807) is 0 Å². The molecule has 0 N–H and O–H groups in total. The molecule has 0 saturated heterocycles. The Morgan fingerprint density at radius 3 is 1.89 bits per heavy atom. The fraction of sp³-hybridized carbons (Fsp3) is 0.254. The van der Waals surface area contributed by atoms with E-state index in [1.807, 2.05) is 6.20 Å². The van der Waals surface area contributed by atoms with Gasteiger partial charge in [0.1, 0.15) is 5.82 Å². The Labute approximate surface area is 448 Å². The second-order valence-corrected chi connectivity index (χ2v) is 22.7. The topological polar surface area (TPSA) is 33.5 Å². The van der Waals surface area contributed by atoms with E-state index >= 15 is 0 Å². The maximum atomic E-state index is 7.12. The molecule has 0 saturated carbocycles. The van der Waals surface area contributed by atoms with Crippen molar-refractivity contribution in [3.05, 3.63) is 222 Å². The second-order valence-electron chi connectivity index (χ2n) is 22.7. The number of benzene rings is 7. The summed E-state index contributed by atoms with van der Waals surface area (Å²) in [4.78, 5) is 9.57. The van der Waals surface area contributed by atoms with Gasteiger partial charge in [0.15, 0.2) is 0 Å². The molecular formula is C67H67N4OPt-3. The molecule has 0 amide bonds. The van der Waals surface area contributed by atoms with Gasteiger partial charge in [-0.15, -0.1) is 53.6 Å². The van der Waals surface area contributed by atoms with Gasteiger partial charge in [-0.1, -0.05) is 192 Å². The van der Waals surface area contributed by atoms with Crippen molar-refractivity contribution in [2.75, 3.05) is 9.80 Å². The van der Waals surface area contributed by atoms with Gasteiger partial charge in [-0.2, -0.15) is 6.07 Å². The fourth-order valence-electron chi connectivity index (χ4n) is 10.3. The van der Waals surface area contributed by atoms with Crippen LogP contribution in [0.3, 0.4) is 0 Å². The SMILES string of the molecule is CC(C)c1cccc(C(C)C)c1-c1cc(Oc2[c-]c3c(cc2)c2cc(-c4ccccc4)ccc2n3-c2cc(C(C)(C)C)ccn2)[c-]c(N2[CH-]N(c3cccc(C(C)(C)c4ccccc4)c3)C=C2C(C)(C)C)c1.[Pt]. The van der Waals surface area contributed by atoms with Crippen LogP contribution in [0.1, 0.15) is 123 Å². The third-order valence-electron chi connectivity index (χ3n) is 14.5. The molecule has 0 fully saturated rings. The zero-order valence-corrected chi connectivity index (χ0v) is 46.7. The van der Waals surface area contributed by atoms with Crippen LogP contribution in [-0.2, 0) is 31.9 Å². The van der Waals surface area contributed by atoms with E-state index in [2.05, 4.69) is 280 Å². The molecule has 0 radical (unpaired) electrons. The molecule has 374 valence electrons. The van der Waals surface area contributed by atoms with Crippen molar-refractivity contribution in [3.8, 4) is 39.6 Å². The number of nitrogens with zero attached hydrogens (tertiary/aromatic N) is 4. The minimum Gasteiger partial charge on any atom is -0.509 e. The molecule has 0 unspecified atom stereocenters. The summed E-state index contributed by atoms with van der Waals surface area (Å²) in [5, 5.41) is 2.20. The summed E-state index contributed by atoms with van der Waals surface area (Å²) in [6, 6.07) is 64.4. The Morgan fingerprint density at radius 2 is 1.22 bits per heavy atom. The monoisotopic (exact) mass is 1140 g/mol. The number of hydrogen-bond donors (Lipinski definition) is 0. The summed E-state index contributed by atoms with van der Waals surface area (Å²) in [6.07, 6.45) is 4.21. The van der Waals surface area contributed by atoms with Crippen molar-refractivity contribution in [1.82, 2.24) is 9.55 Å². The van der Waals surface area contributed by atoms with E-state index in [0.717, 1.165) is 55.8 Å². The number of rotatable bonds is 11. The quantitative estimate of drug-likeness (QED) is 0.121. The molecule has 1 aliphatic heterocycles. The van der Waals surface area contributed by atoms with Crippen molar-refractivity contribution in [2.45, 2.75) is 106 Å². The van der Waals surface area contributed by atoms with Crippen molar-refractivity contribution < 1.29 is 25.8 Å². The molecule has 6 heteroatoms. The first-order valence-corrected chi connectivity index (χ1v) is 25.6. The summed E-state index contributed by atoms with van der Waals surface area (Å²) < 4.78 is 9.36. The zero-order valence-electron chi connectivity index (χ0n) is 44.4. The van der Waals surface area contributed by atoms with E-state index in [0.29, 0.717) is 23.3 Å². The number of pyridine rings is 1. The summed E-state index contributed by atoms with van der Waals surface area (Å²) in [7, 11) is 0. The minimum atomic E-state index is -0.221. The minimum absolute atomic E-state index is 0. The van der Waals surface area contributed by atoms with Gasteiger partial charge >= 0.3 is 0 Å². The predicted octanol–water partition coefficient (Wildman–Crippen LogP) is 18.1. The number of ether oxygens (including phenoxy) is 1. The Bertz CT molecular complexity index is 3450. The van der Waals surface area contributed by atoms with Gasteiger partial charge in [0.05, 0.1) is 0 Å². The van der Waals surface area contributed by atoms with Crippen LogP contribution in [-0.4, -0.2) is 9.55 Å². The molecule has 0 bridgehead atoms. The number of hydrogen-bond acceptors (Lipinski definition) is 4. The van der Waals surface area contributed by atoms with Gasteiger partial charge in [0, 0.05) is 66.5 Å². The van der Waals surface area contributed by atoms with Gasteiger partial charge < -0.3 is 19.1 Å². The fourth-order valence-corrected chi connectivity index (χ4v) is 10.3. The Morgan fingerprint density at radius 1 is 0.548 bits per heavy atom. The second kappa shape index (κ2) is 20.0. The van der Waals surface area contributed by atoms with Crippen molar-refractivity contribution in [3.63, 3.8) is 0 Å². The number of fused-ring (bicyclic) bond motifs is 3. The predicted molar refractivity (Wildman–Crippen MR) is 302 cm³/mol. The molecule has 5 nitrogen and oxygen atoms in total. The van der Waals surface area contributed by atoms with E-state index in [9.17, 15) is 0 Å². The van der Waals surface area contributed by atoms with Crippen LogP contribution in [0.15, 0.2) is 176 Å². The van der Waals surface area contributed by atoms with Gasteiger partial charge in [-0.05, 0) is 104 Å². The van der Waals surface area contributed by atoms with Crippen LogP contribution in [0.5, 0.6) is 11.5 Å². The van der Waals surface area contributed by atoms with Crippen LogP contribution in [0, 0.1) is 24.2 Å². The van der Waals surface area contributed by atoms with Crippen LogP contribution in [0.25, 0.3) is 49.9 Å².